The highest BCUT2D eigenvalue weighted by atomic mass is 32.2. The van der Waals surface area contributed by atoms with Gasteiger partial charge in [0.2, 0.25) is 0 Å². The lowest BCUT2D eigenvalue weighted by Gasteiger charge is -2.08. The summed E-state index contributed by atoms with van der Waals surface area (Å²) < 4.78 is 26.9. The highest BCUT2D eigenvalue weighted by Gasteiger charge is 2.15. The molecular weight excluding hydrogens is 294 g/mol. The maximum atomic E-state index is 12.2. The minimum absolute atomic E-state index is 0.253. The number of sulfonamides is 1. The minimum atomic E-state index is -3.57. The molecule has 1 heterocycles. The first-order valence-corrected chi connectivity index (χ1v) is 8.70. The van der Waals surface area contributed by atoms with Crippen molar-refractivity contribution in [3.63, 3.8) is 0 Å². The van der Waals surface area contributed by atoms with Gasteiger partial charge in [0.1, 0.15) is 0 Å². The van der Waals surface area contributed by atoms with Crippen LogP contribution in [0.5, 0.6) is 0 Å². The van der Waals surface area contributed by atoms with Crippen LogP contribution in [0.4, 0.5) is 5.13 Å². The lowest BCUT2D eigenvalue weighted by atomic mass is 10.2. The molecule has 0 fully saturated rings. The smallest absolute Gasteiger partial charge is 0.263 e. The molecule has 0 aliphatic rings. The molecule has 2 aromatic rings. The Balaban J connectivity index is 2.13. The van der Waals surface area contributed by atoms with E-state index in [2.05, 4.69) is 21.9 Å². The fourth-order valence-corrected chi connectivity index (χ4v) is 3.54. The van der Waals surface area contributed by atoms with Crippen molar-refractivity contribution in [3.05, 3.63) is 41.4 Å². The largest absolute Gasteiger partial charge is 0.313 e. The molecule has 0 atom stereocenters. The number of nitrogens with zero attached hydrogens (tertiary/aromatic N) is 1. The molecule has 20 heavy (non-hydrogen) atoms. The van der Waals surface area contributed by atoms with Gasteiger partial charge in [-0.25, -0.2) is 13.4 Å². The van der Waals surface area contributed by atoms with Crippen LogP contribution in [-0.2, 0) is 16.6 Å². The highest BCUT2D eigenvalue weighted by Crippen LogP contribution is 2.18. The van der Waals surface area contributed by atoms with Crippen molar-refractivity contribution in [1.29, 1.82) is 0 Å². The van der Waals surface area contributed by atoms with Crippen LogP contribution in [0.15, 0.2) is 40.7 Å². The van der Waals surface area contributed by atoms with Crippen LogP contribution in [0, 0.1) is 0 Å². The molecule has 0 radical (unpaired) electrons. The molecule has 1 aromatic carbocycles. The Labute approximate surface area is 123 Å². The molecule has 108 valence electrons. The molecule has 0 bridgehead atoms. The van der Waals surface area contributed by atoms with Crippen molar-refractivity contribution >= 4 is 26.5 Å². The first kappa shape index (κ1) is 15.0. The maximum Gasteiger partial charge on any atom is 0.263 e. The molecule has 0 saturated carbocycles. The molecule has 0 aliphatic carbocycles. The van der Waals surface area contributed by atoms with E-state index in [0.717, 1.165) is 18.5 Å². The van der Waals surface area contributed by atoms with Crippen molar-refractivity contribution in [2.45, 2.75) is 24.8 Å². The molecule has 1 aromatic heterocycles. The number of anilines is 1. The predicted molar refractivity (Wildman–Crippen MR) is 81.4 cm³/mol. The maximum absolute atomic E-state index is 12.2. The molecule has 0 saturated heterocycles. The number of hydrogen-bond acceptors (Lipinski definition) is 5. The number of aromatic nitrogens is 1. The Hall–Kier alpha value is -1.44. The minimum Gasteiger partial charge on any atom is -0.313 e. The van der Waals surface area contributed by atoms with Gasteiger partial charge >= 0.3 is 0 Å². The standard InChI is InChI=1S/C13H17N3O2S2/c1-2-6-14-10-11-4-3-5-12(9-11)20(17,18)16-13-15-7-8-19-13/h3-5,7-9,14H,2,6,10H2,1H3,(H,15,16). The Morgan fingerprint density at radius 3 is 2.90 bits per heavy atom. The molecule has 5 nitrogen and oxygen atoms in total. The second-order valence-corrected chi connectivity index (χ2v) is 6.84. The van der Waals surface area contributed by atoms with Gasteiger partial charge in [0.05, 0.1) is 4.90 Å². The van der Waals surface area contributed by atoms with Gasteiger partial charge in [-0.3, -0.25) is 4.72 Å². The fourth-order valence-electron chi connectivity index (χ4n) is 1.68. The molecule has 0 aliphatic heterocycles. The number of benzene rings is 1. The summed E-state index contributed by atoms with van der Waals surface area (Å²) in [5.74, 6) is 0. The van der Waals surface area contributed by atoms with E-state index in [4.69, 9.17) is 0 Å². The van der Waals surface area contributed by atoms with E-state index in [1.54, 1.807) is 29.8 Å². The van der Waals surface area contributed by atoms with Crippen LogP contribution in [-0.4, -0.2) is 19.9 Å². The average molecular weight is 311 g/mol. The highest BCUT2D eigenvalue weighted by molar-refractivity contribution is 7.93. The van der Waals surface area contributed by atoms with E-state index >= 15 is 0 Å². The normalized spacial score (nSPS) is 11.4. The molecule has 0 spiro atoms. The van der Waals surface area contributed by atoms with Gasteiger partial charge in [-0.15, -0.1) is 11.3 Å². The van der Waals surface area contributed by atoms with Gasteiger partial charge in [-0.05, 0) is 30.7 Å². The second-order valence-electron chi connectivity index (χ2n) is 4.27. The Kier molecular flexibility index (Phi) is 5.11. The average Bonchev–Trinajstić information content (AvgIpc) is 2.92. The lowest BCUT2D eigenvalue weighted by molar-refractivity contribution is 0.600. The van der Waals surface area contributed by atoms with E-state index in [-0.39, 0.29) is 4.90 Å². The van der Waals surface area contributed by atoms with Crippen LogP contribution in [0.3, 0.4) is 0 Å². The summed E-state index contributed by atoms with van der Waals surface area (Å²) in [7, 11) is -3.57. The van der Waals surface area contributed by atoms with Gasteiger partial charge in [-0.1, -0.05) is 19.1 Å². The van der Waals surface area contributed by atoms with E-state index in [0.29, 0.717) is 11.7 Å². The number of nitrogens with one attached hydrogen (secondary N) is 2. The summed E-state index contributed by atoms with van der Waals surface area (Å²) in [5, 5.41) is 5.35. The van der Waals surface area contributed by atoms with Crippen molar-refractivity contribution in [2.24, 2.45) is 0 Å². The van der Waals surface area contributed by atoms with Crippen LogP contribution in [0.25, 0.3) is 0 Å². The predicted octanol–water partition coefficient (Wildman–Crippen LogP) is 2.44. The third-order valence-corrected chi connectivity index (χ3v) is 4.77. The summed E-state index contributed by atoms with van der Waals surface area (Å²) in [4.78, 5) is 4.18. The van der Waals surface area contributed by atoms with E-state index in [1.165, 1.54) is 11.3 Å². The van der Waals surface area contributed by atoms with Crippen molar-refractivity contribution < 1.29 is 8.42 Å². The molecule has 2 rings (SSSR count). The number of rotatable bonds is 7. The Bertz CT molecular complexity index is 639. The third-order valence-electron chi connectivity index (χ3n) is 2.62. The van der Waals surface area contributed by atoms with E-state index in [1.807, 2.05) is 6.07 Å². The van der Waals surface area contributed by atoms with Crippen LogP contribution in [0.1, 0.15) is 18.9 Å². The first-order chi connectivity index (χ1) is 9.62. The zero-order valence-electron chi connectivity index (χ0n) is 11.2. The van der Waals surface area contributed by atoms with Gasteiger partial charge in [0, 0.05) is 18.1 Å². The van der Waals surface area contributed by atoms with Crippen LogP contribution >= 0.6 is 11.3 Å². The molecule has 0 amide bonds. The van der Waals surface area contributed by atoms with Crippen molar-refractivity contribution in [3.8, 4) is 0 Å². The number of thiazole rings is 1. The number of hydrogen-bond donors (Lipinski definition) is 2. The van der Waals surface area contributed by atoms with Gasteiger partial charge < -0.3 is 5.32 Å². The topological polar surface area (TPSA) is 71.1 Å². The van der Waals surface area contributed by atoms with Crippen LogP contribution in [0.2, 0.25) is 0 Å². The summed E-state index contributed by atoms with van der Waals surface area (Å²) in [6, 6.07) is 6.92. The van der Waals surface area contributed by atoms with Crippen molar-refractivity contribution in [2.75, 3.05) is 11.3 Å². The molecule has 2 N–H and O–H groups in total. The third kappa shape index (κ3) is 4.03. The summed E-state index contributed by atoms with van der Waals surface area (Å²) in [5.41, 5.74) is 0.945. The monoisotopic (exact) mass is 311 g/mol. The Morgan fingerprint density at radius 2 is 2.20 bits per heavy atom. The molecular formula is C13H17N3O2S2. The lowest BCUT2D eigenvalue weighted by Crippen LogP contribution is -2.16. The van der Waals surface area contributed by atoms with Crippen molar-refractivity contribution in [1.82, 2.24) is 10.3 Å². The summed E-state index contributed by atoms with van der Waals surface area (Å²) in [6.07, 6.45) is 2.61. The molecule has 0 unspecified atom stereocenters. The quantitative estimate of drug-likeness (QED) is 0.771. The fraction of sp³-hybridized carbons (Fsp3) is 0.308. The van der Waals surface area contributed by atoms with E-state index in [9.17, 15) is 8.42 Å². The van der Waals surface area contributed by atoms with Gasteiger partial charge in [-0.2, -0.15) is 0 Å². The van der Waals surface area contributed by atoms with Gasteiger partial charge in [0.15, 0.2) is 5.13 Å². The zero-order valence-corrected chi connectivity index (χ0v) is 12.8. The Morgan fingerprint density at radius 1 is 1.35 bits per heavy atom. The van der Waals surface area contributed by atoms with E-state index < -0.39 is 10.0 Å². The van der Waals surface area contributed by atoms with Crippen LogP contribution < -0.4 is 10.0 Å². The summed E-state index contributed by atoms with van der Waals surface area (Å²) in [6.45, 7) is 3.66. The second kappa shape index (κ2) is 6.83. The first-order valence-electron chi connectivity index (χ1n) is 6.34. The zero-order chi connectivity index (χ0) is 14.4. The summed E-state index contributed by atoms with van der Waals surface area (Å²) >= 11 is 1.25. The SMILES string of the molecule is CCCNCc1cccc(S(=O)(=O)Nc2nccs2)c1. The van der Waals surface area contributed by atoms with Gasteiger partial charge in [0.25, 0.3) is 10.0 Å². The molecule has 7 heteroatoms.